The van der Waals surface area contributed by atoms with Crippen LogP contribution < -0.4 is 9.62 Å². The van der Waals surface area contributed by atoms with Crippen molar-refractivity contribution < 1.29 is 22.4 Å². The Hall–Kier alpha value is -2.36. The average Bonchev–Trinajstić information content (AvgIpc) is 2.71. The van der Waals surface area contributed by atoms with Gasteiger partial charge in [0.05, 0.1) is 17.0 Å². The number of anilines is 1. The van der Waals surface area contributed by atoms with E-state index in [1.54, 1.807) is 0 Å². The third kappa shape index (κ3) is 6.56. The molecular formula is C20H22Cl2FN3O4S. The summed E-state index contributed by atoms with van der Waals surface area (Å²) in [6, 6.07) is 8.76. The molecule has 2 aromatic carbocycles. The molecule has 0 radical (unpaired) electrons. The van der Waals surface area contributed by atoms with Crippen LogP contribution in [0.3, 0.4) is 0 Å². The number of carbonyl (C=O) groups is 2. The van der Waals surface area contributed by atoms with Crippen molar-refractivity contribution in [1.29, 1.82) is 0 Å². The minimum absolute atomic E-state index is 0.0332. The molecule has 1 unspecified atom stereocenters. The van der Waals surface area contributed by atoms with Crippen LogP contribution in [0.2, 0.25) is 10.0 Å². The lowest BCUT2D eigenvalue weighted by atomic mass is 10.1. The molecule has 0 aliphatic heterocycles. The van der Waals surface area contributed by atoms with Gasteiger partial charge in [0.25, 0.3) is 0 Å². The van der Waals surface area contributed by atoms with Crippen molar-refractivity contribution in [2.75, 3.05) is 24.2 Å². The molecule has 1 atom stereocenters. The standard InChI is InChI=1S/C20H22Cl2FN3O4S/c1-13(20(28)24-2)25(11-14-4-7-16(23)8-5-14)19(27)12-26(31(3,29)30)18-10-15(21)6-9-17(18)22/h4-10,13H,11-12H2,1-3H3,(H,24,28). The number of sulfonamides is 1. The summed E-state index contributed by atoms with van der Waals surface area (Å²) in [5.74, 6) is -1.54. The molecule has 7 nitrogen and oxygen atoms in total. The Morgan fingerprint density at radius 2 is 1.74 bits per heavy atom. The van der Waals surface area contributed by atoms with Gasteiger partial charge in [-0.15, -0.1) is 0 Å². The maximum Gasteiger partial charge on any atom is 0.244 e. The van der Waals surface area contributed by atoms with Gasteiger partial charge in [-0.25, -0.2) is 12.8 Å². The molecule has 2 rings (SSSR count). The molecule has 2 aromatic rings. The molecule has 0 spiro atoms. The number of rotatable bonds is 8. The number of carbonyl (C=O) groups excluding carboxylic acids is 2. The van der Waals surface area contributed by atoms with Gasteiger partial charge in [-0.2, -0.15) is 0 Å². The second-order valence-electron chi connectivity index (χ2n) is 6.80. The number of amides is 2. The third-order valence-electron chi connectivity index (χ3n) is 4.54. The van der Waals surface area contributed by atoms with E-state index in [0.29, 0.717) is 5.56 Å². The lowest BCUT2D eigenvalue weighted by Crippen LogP contribution is -2.50. The zero-order valence-corrected chi connectivity index (χ0v) is 19.4. The first kappa shape index (κ1) is 24.9. The predicted molar refractivity (Wildman–Crippen MR) is 119 cm³/mol. The van der Waals surface area contributed by atoms with Crippen LogP contribution in [0.5, 0.6) is 0 Å². The lowest BCUT2D eigenvalue weighted by Gasteiger charge is -2.31. The number of nitrogens with zero attached hydrogens (tertiary/aromatic N) is 2. The molecule has 2 amide bonds. The molecule has 0 saturated heterocycles. The van der Waals surface area contributed by atoms with Crippen LogP contribution in [0.4, 0.5) is 10.1 Å². The highest BCUT2D eigenvalue weighted by molar-refractivity contribution is 7.92. The zero-order valence-electron chi connectivity index (χ0n) is 17.1. The summed E-state index contributed by atoms with van der Waals surface area (Å²) in [6.45, 7) is 0.868. The molecule has 31 heavy (non-hydrogen) atoms. The van der Waals surface area contributed by atoms with Gasteiger partial charge in [-0.05, 0) is 42.8 Å². The van der Waals surface area contributed by atoms with Crippen LogP contribution in [0.1, 0.15) is 12.5 Å². The van der Waals surface area contributed by atoms with Crippen LogP contribution in [-0.2, 0) is 26.2 Å². The molecule has 0 bridgehead atoms. The average molecular weight is 490 g/mol. The summed E-state index contributed by atoms with van der Waals surface area (Å²) < 4.78 is 39.0. The van der Waals surface area contributed by atoms with Crippen molar-refractivity contribution >= 4 is 50.7 Å². The Bertz CT molecular complexity index is 1060. The molecule has 0 heterocycles. The second kappa shape index (κ2) is 10.3. The monoisotopic (exact) mass is 489 g/mol. The first-order valence-corrected chi connectivity index (χ1v) is 11.7. The number of likely N-dealkylation sites (N-methyl/N-ethyl adjacent to an activating group) is 1. The molecule has 11 heteroatoms. The van der Waals surface area contributed by atoms with Gasteiger partial charge in [-0.3, -0.25) is 13.9 Å². The Labute approximate surface area is 190 Å². The molecule has 1 N–H and O–H groups in total. The summed E-state index contributed by atoms with van der Waals surface area (Å²) in [5, 5.41) is 2.79. The van der Waals surface area contributed by atoms with Crippen molar-refractivity contribution in [3.05, 3.63) is 63.9 Å². The maximum absolute atomic E-state index is 13.2. The quantitative estimate of drug-likeness (QED) is 0.617. The first-order valence-electron chi connectivity index (χ1n) is 9.12. The minimum atomic E-state index is -3.92. The van der Waals surface area contributed by atoms with Crippen molar-refractivity contribution in [3.8, 4) is 0 Å². The Morgan fingerprint density at radius 3 is 2.29 bits per heavy atom. The molecular weight excluding hydrogens is 468 g/mol. The Kier molecular flexibility index (Phi) is 8.27. The molecule has 0 fully saturated rings. The molecule has 0 saturated carbocycles. The van der Waals surface area contributed by atoms with Gasteiger partial charge in [0.1, 0.15) is 18.4 Å². The van der Waals surface area contributed by atoms with Gasteiger partial charge in [0, 0.05) is 18.6 Å². The van der Waals surface area contributed by atoms with E-state index in [4.69, 9.17) is 23.2 Å². The number of hydrogen-bond acceptors (Lipinski definition) is 4. The van der Waals surface area contributed by atoms with E-state index in [9.17, 15) is 22.4 Å². The predicted octanol–water partition coefficient (Wildman–Crippen LogP) is 3.06. The van der Waals surface area contributed by atoms with E-state index in [0.717, 1.165) is 10.6 Å². The summed E-state index contributed by atoms with van der Waals surface area (Å²) in [7, 11) is -2.50. The lowest BCUT2D eigenvalue weighted by molar-refractivity contribution is -0.139. The third-order valence-corrected chi connectivity index (χ3v) is 6.22. The summed E-state index contributed by atoms with van der Waals surface area (Å²) in [5.41, 5.74) is 0.608. The molecule has 0 aliphatic carbocycles. The van der Waals surface area contributed by atoms with Gasteiger partial charge in [0.15, 0.2) is 0 Å². The number of halogens is 3. The Morgan fingerprint density at radius 1 is 1.13 bits per heavy atom. The SMILES string of the molecule is CNC(=O)C(C)N(Cc1ccc(F)cc1)C(=O)CN(c1cc(Cl)ccc1Cl)S(C)(=O)=O. The summed E-state index contributed by atoms with van der Waals surface area (Å²) in [4.78, 5) is 26.6. The first-order chi connectivity index (χ1) is 14.4. The van der Waals surface area contributed by atoms with E-state index in [2.05, 4.69) is 5.32 Å². The van der Waals surface area contributed by atoms with E-state index in [-0.39, 0.29) is 22.3 Å². The van der Waals surface area contributed by atoms with Crippen LogP contribution in [-0.4, -0.2) is 51.0 Å². The van der Waals surface area contributed by atoms with Gasteiger partial charge in [0.2, 0.25) is 21.8 Å². The summed E-state index contributed by atoms with van der Waals surface area (Å²) in [6.07, 6.45) is 0.935. The van der Waals surface area contributed by atoms with Gasteiger partial charge in [-0.1, -0.05) is 35.3 Å². The zero-order chi connectivity index (χ0) is 23.3. The molecule has 168 valence electrons. The van der Waals surface area contributed by atoms with Gasteiger partial charge < -0.3 is 10.2 Å². The fourth-order valence-electron chi connectivity index (χ4n) is 2.85. The van der Waals surface area contributed by atoms with Crippen LogP contribution in [0.25, 0.3) is 0 Å². The van der Waals surface area contributed by atoms with E-state index < -0.39 is 40.2 Å². The highest BCUT2D eigenvalue weighted by atomic mass is 35.5. The molecule has 0 aromatic heterocycles. The number of hydrogen-bond donors (Lipinski definition) is 1. The van der Waals surface area contributed by atoms with Crippen molar-refractivity contribution in [2.24, 2.45) is 0 Å². The van der Waals surface area contributed by atoms with E-state index >= 15 is 0 Å². The topological polar surface area (TPSA) is 86.8 Å². The normalized spacial score (nSPS) is 12.2. The molecule has 0 aliphatic rings. The van der Waals surface area contributed by atoms with Crippen LogP contribution >= 0.6 is 23.2 Å². The maximum atomic E-state index is 13.2. The fourth-order valence-corrected chi connectivity index (χ4v) is 4.14. The minimum Gasteiger partial charge on any atom is -0.357 e. The second-order valence-corrected chi connectivity index (χ2v) is 9.55. The fraction of sp³-hybridized carbons (Fsp3) is 0.300. The summed E-state index contributed by atoms with van der Waals surface area (Å²) >= 11 is 12.1. The van der Waals surface area contributed by atoms with Crippen molar-refractivity contribution in [2.45, 2.75) is 19.5 Å². The van der Waals surface area contributed by atoms with Crippen LogP contribution in [0, 0.1) is 5.82 Å². The van der Waals surface area contributed by atoms with E-state index in [1.165, 1.54) is 61.3 Å². The van der Waals surface area contributed by atoms with Gasteiger partial charge >= 0.3 is 0 Å². The number of benzene rings is 2. The Balaban J connectivity index is 2.42. The smallest absolute Gasteiger partial charge is 0.244 e. The van der Waals surface area contributed by atoms with Crippen molar-refractivity contribution in [3.63, 3.8) is 0 Å². The largest absolute Gasteiger partial charge is 0.357 e. The number of nitrogens with one attached hydrogen (secondary N) is 1. The van der Waals surface area contributed by atoms with Crippen LogP contribution in [0.15, 0.2) is 42.5 Å². The highest BCUT2D eigenvalue weighted by Gasteiger charge is 2.30. The van der Waals surface area contributed by atoms with E-state index in [1.807, 2.05) is 0 Å². The van der Waals surface area contributed by atoms with Crippen molar-refractivity contribution in [1.82, 2.24) is 10.2 Å². The highest BCUT2D eigenvalue weighted by Crippen LogP contribution is 2.30.